The molecule has 4 aliphatic carbocycles. The molecule has 1 aromatic rings. The topological polar surface area (TPSA) is 95.9 Å². The first-order chi connectivity index (χ1) is 13.9. The Morgan fingerprint density at radius 2 is 1.55 bits per heavy atom. The summed E-state index contributed by atoms with van der Waals surface area (Å²) in [5.41, 5.74) is 5.66. The predicted molar refractivity (Wildman–Crippen MR) is 113 cm³/mol. The number of aliphatic hydroxyl groups is 3. The van der Waals surface area contributed by atoms with Crippen molar-refractivity contribution in [3.8, 4) is 5.75 Å². The molecular weight excluding hydrogens is 366 g/mol. The third-order valence-corrected chi connectivity index (χ3v) is 8.01. The molecule has 0 atom stereocenters. The lowest BCUT2D eigenvalue weighted by molar-refractivity contribution is -0.177. The minimum atomic E-state index is -0.923. The summed E-state index contributed by atoms with van der Waals surface area (Å²) in [7, 11) is 0. The lowest BCUT2D eigenvalue weighted by Crippen LogP contribution is -2.57. The minimum Gasteiger partial charge on any atom is -0.494 e. The molecule has 4 saturated carbocycles. The number of ether oxygens (including phenoxy) is 1. The normalized spacial score (nSPS) is 33.2. The largest absolute Gasteiger partial charge is 0.494 e. The highest BCUT2D eigenvalue weighted by molar-refractivity contribution is 5.27. The summed E-state index contributed by atoms with van der Waals surface area (Å²) in [6.45, 7) is 0.190. The zero-order valence-electron chi connectivity index (χ0n) is 17.4. The minimum absolute atomic E-state index is 0.222. The average molecular weight is 404 g/mol. The molecule has 5 rings (SSSR count). The highest BCUT2D eigenvalue weighted by Crippen LogP contribution is 2.59. The second kappa shape index (κ2) is 8.54. The summed E-state index contributed by atoms with van der Waals surface area (Å²) >= 11 is 0. The van der Waals surface area contributed by atoms with Crippen LogP contribution in [0.3, 0.4) is 0 Å². The van der Waals surface area contributed by atoms with Gasteiger partial charge in [0.2, 0.25) is 0 Å². The van der Waals surface area contributed by atoms with Gasteiger partial charge in [0.05, 0.1) is 31.0 Å². The quantitative estimate of drug-likeness (QED) is 0.451. The molecule has 5 N–H and O–H groups in total. The number of hydrogen-bond donors (Lipinski definition) is 4. The number of nitrogens with two attached hydrogens (primary N) is 1. The van der Waals surface area contributed by atoms with Crippen molar-refractivity contribution in [1.82, 2.24) is 0 Å². The molecule has 0 heterocycles. The fourth-order valence-corrected chi connectivity index (χ4v) is 6.31. The molecule has 0 spiro atoms. The van der Waals surface area contributed by atoms with Crippen LogP contribution >= 0.6 is 0 Å². The van der Waals surface area contributed by atoms with E-state index in [4.69, 9.17) is 10.5 Å². The first-order valence-electron chi connectivity index (χ1n) is 11.4. The van der Waals surface area contributed by atoms with Crippen LogP contribution < -0.4 is 10.5 Å². The molecule has 4 bridgehead atoms. The molecule has 5 nitrogen and oxygen atoms in total. The average Bonchev–Trinajstić information content (AvgIpc) is 2.74. The Kier molecular flexibility index (Phi) is 6.22. The lowest BCUT2D eigenvalue weighted by atomic mass is 9.49. The summed E-state index contributed by atoms with van der Waals surface area (Å²) in [5.74, 6) is 3.64. The number of benzene rings is 1. The molecule has 0 unspecified atom stereocenters. The molecule has 1 aromatic carbocycles. The fraction of sp³-hybridized carbons (Fsp3) is 0.750. The van der Waals surface area contributed by atoms with E-state index in [0.29, 0.717) is 31.3 Å². The molecule has 0 aromatic heterocycles. The summed E-state index contributed by atoms with van der Waals surface area (Å²) in [5, 5.41) is 30.0. The summed E-state index contributed by atoms with van der Waals surface area (Å²) in [6.07, 6.45) is 9.35. The number of hydrogen-bond acceptors (Lipinski definition) is 5. The molecule has 0 saturated heterocycles. The van der Waals surface area contributed by atoms with E-state index < -0.39 is 11.1 Å². The first kappa shape index (κ1) is 21.1. The summed E-state index contributed by atoms with van der Waals surface area (Å²) in [4.78, 5) is 0. The van der Waals surface area contributed by atoms with Crippen molar-refractivity contribution in [3.05, 3.63) is 29.8 Å². The van der Waals surface area contributed by atoms with Gasteiger partial charge in [0.1, 0.15) is 5.75 Å². The van der Waals surface area contributed by atoms with Gasteiger partial charge < -0.3 is 25.8 Å². The van der Waals surface area contributed by atoms with Gasteiger partial charge in [-0.3, -0.25) is 0 Å². The highest BCUT2D eigenvalue weighted by Gasteiger charge is 2.55. The lowest BCUT2D eigenvalue weighted by Gasteiger charge is -2.59. The maximum atomic E-state index is 11.4. The van der Waals surface area contributed by atoms with Gasteiger partial charge in [-0.2, -0.15) is 0 Å². The van der Waals surface area contributed by atoms with Gasteiger partial charge >= 0.3 is 0 Å². The van der Waals surface area contributed by atoms with E-state index >= 15 is 0 Å². The Morgan fingerprint density at radius 3 is 2.10 bits per heavy atom. The van der Waals surface area contributed by atoms with Crippen molar-refractivity contribution in [3.63, 3.8) is 0 Å². The molecular formula is C24H37NO4. The Hall–Kier alpha value is -1.14. The Labute approximate surface area is 174 Å². The molecule has 29 heavy (non-hydrogen) atoms. The van der Waals surface area contributed by atoms with Crippen molar-refractivity contribution < 1.29 is 20.1 Å². The Morgan fingerprint density at radius 1 is 0.966 bits per heavy atom. The highest BCUT2D eigenvalue weighted by atomic mass is 16.5. The fourth-order valence-electron chi connectivity index (χ4n) is 6.31. The zero-order valence-corrected chi connectivity index (χ0v) is 17.4. The predicted octanol–water partition coefficient (Wildman–Crippen LogP) is 2.65. The molecule has 4 aliphatic rings. The van der Waals surface area contributed by atoms with Crippen molar-refractivity contribution in [2.45, 2.75) is 68.9 Å². The van der Waals surface area contributed by atoms with E-state index in [1.807, 2.05) is 24.3 Å². The van der Waals surface area contributed by atoms with E-state index in [-0.39, 0.29) is 13.2 Å². The SMILES string of the molecule is NC(CO)(CO)CCc1ccc(OCCCC2(O)C3CC4CC(C3)CC2C4)cc1. The van der Waals surface area contributed by atoms with E-state index in [1.54, 1.807) is 0 Å². The molecule has 4 fully saturated rings. The van der Waals surface area contributed by atoms with Gasteiger partial charge in [-0.1, -0.05) is 12.1 Å². The van der Waals surface area contributed by atoms with Gasteiger partial charge in [-0.05, 0) is 99.2 Å². The second-order valence-corrected chi connectivity index (χ2v) is 10.1. The van der Waals surface area contributed by atoms with Crippen LogP contribution in [0.4, 0.5) is 0 Å². The maximum Gasteiger partial charge on any atom is 0.119 e. The van der Waals surface area contributed by atoms with Gasteiger partial charge in [0, 0.05) is 0 Å². The van der Waals surface area contributed by atoms with Crippen molar-refractivity contribution in [1.29, 1.82) is 0 Å². The molecule has 0 radical (unpaired) electrons. The number of aryl methyl sites for hydroxylation is 1. The molecule has 0 amide bonds. The van der Waals surface area contributed by atoms with Crippen LogP contribution in [0.25, 0.3) is 0 Å². The van der Waals surface area contributed by atoms with Gasteiger partial charge in [-0.15, -0.1) is 0 Å². The summed E-state index contributed by atoms with van der Waals surface area (Å²) < 4.78 is 5.92. The third-order valence-electron chi connectivity index (χ3n) is 8.01. The van der Waals surface area contributed by atoms with Crippen molar-refractivity contribution in [2.24, 2.45) is 29.4 Å². The first-order valence-corrected chi connectivity index (χ1v) is 11.4. The van der Waals surface area contributed by atoms with Crippen molar-refractivity contribution in [2.75, 3.05) is 19.8 Å². The Balaban J connectivity index is 1.21. The van der Waals surface area contributed by atoms with Crippen LogP contribution in [0.5, 0.6) is 5.75 Å². The van der Waals surface area contributed by atoms with Crippen LogP contribution in [0.15, 0.2) is 24.3 Å². The van der Waals surface area contributed by atoms with Crippen LogP contribution in [0.2, 0.25) is 0 Å². The van der Waals surface area contributed by atoms with Crippen molar-refractivity contribution >= 4 is 0 Å². The van der Waals surface area contributed by atoms with Crippen LogP contribution in [-0.2, 0) is 6.42 Å². The van der Waals surface area contributed by atoms with E-state index in [2.05, 4.69) is 0 Å². The van der Waals surface area contributed by atoms with E-state index in [1.165, 1.54) is 32.1 Å². The third kappa shape index (κ3) is 4.48. The van der Waals surface area contributed by atoms with Crippen LogP contribution in [0.1, 0.15) is 56.9 Å². The van der Waals surface area contributed by atoms with E-state index in [0.717, 1.165) is 36.0 Å². The van der Waals surface area contributed by atoms with Gasteiger partial charge in [-0.25, -0.2) is 0 Å². The van der Waals surface area contributed by atoms with Gasteiger partial charge in [0.15, 0.2) is 0 Å². The monoisotopic (exact) mass is 403 g/mol. The smallest absolute Gasteiger partial charge is 0.119 e. The summed E-state index contributed by atoms with van der Waals surface area (Å²) in [6, 6.07) is 7.94. The second-order valence-electron chi connectivity index (χ2n) is 10.1. The van der Waals surface area contributed by atoms with Gasteiger partial charge in [0.25, 0.3) is 0 Å². The molecule has 162 valence electrons. The standard InChI is InChI=1S/C24H37NO4/c25-23(15-26,16-27)8-6-17-2-4-22(5-3-17)29-9-1-7-24(28)20-11-18-10-19(13-20)14-21(24)12-18/h2-5,18-21,26-28H,1,6-16,25H2. The zero-order chi connectivity index (χ0) is 20.5. The number of rotatable bonds is 10. The van der Waals surface area contributed by atoms with E-state index in [9.17, 15) is 15.3 Å². The number of aliphatic hydroxyl groups excluding tert-OH is 2. The van der Waals surface area contributed by atoms with Crippen LogP contribution in [-0.4, -0.2) is 46.3 Å². The molecule has 0 aliphatic heterocycles. The maximum absolute atomic E-state index is 11.4. The van der Waals surface area contributed by atoms with Crippen LogP contribution in [0, 0.1) is 23.7 Å². The Bertz CT molecular complexity index is 642. The molecule has 5 heteroatoms.